The summed E-state index contributed by atoms with van der Waals surface area (Å²) < 4.78 is 5.41. The van der Waals surface area contributed by atoms with Gasteiger partial charge in [-0.15, -0.1) is 0 Å². The lowest BCUT2D eigenvalue weighted by Crippen LogP contribution is -2.52. The first-order valence-electron chi connectivity index (χ1n) is 5.84. The topological polar surface area (TPSA) is 131 Å². The predicted octanol–water partition coefficient (Wildman–Crippen LogP) is -2.64. The molecule has 0 bridgehead atoms. The van der Waals surface area contributed by atoms with Crippen LogP contribution in [-0.4, -0.2) is 69.0 Å². The zero-order valence-electron chi connectivity index (χ0n) is 9.85. The maximum atomic E-state index is 11.6. The second-order valence-corrected chi connectivity index (χ2v) is 4.46. The maximum absolute atomic E-state index is 11.6. The van der Waals surface area contributed by atoms with E-state index in [-0.39, 0.29) is 18.3 Å². The van der Waals surface area contributed by atoms with Crippen molar-refractivity contribution in [3.05, 3.63) is 12.0 Å². The molecule has 1 amide bonds. The third kappa shape index (κ3) is 1.78. The van der Waals surface area contributed by atoms with Crippen LogP contribution >= 0.6 is 0 Å². The molecule has 1 fully saturated rings. The number of amides is 1. The third-order valence-corrected chi connectivity index (χ3v) is 3.35. The highest BCUT2D eigenvalue weighted by molar-refractivity contribution is 5.98. The van der Waals surface area contributed by atoms with Crippen LogP contribution in [0.5, 0.6) is 0 Å². The fourth-order valence-electron chi connectivity index (χ4n) is 2.34. The lowest BCUT2D eigenvalue weighted by atomic mass is 10.1. The van der Waals surface area contributed by atoms with E-state index in [0.717, 1.165) is 0 Å². The highest BCUT2D eigenvalue weighted by Crippen LogP contribution is 2.29. The Labute approximate surface area is 107 Å². The summed E-state index contributed by atoms with van der Waals surface area (Å²) in [6.07, 6.45) is -2.76. The molecular weight excluding hydrogens is 256 g/mol. The molecule has 0 saturated carbocycles. The van der Waals surface area contributed by atoms with Gasteiger partial charge in [-0.3, -0.25) is 4.79 Å². The third-order valence-electron chi connectivity index (χ3n) is 3.35. The number of aliphatic hydroxyl groups excluding tert-OH is 3. The molecule has 0 spiro atoms. The number of hydrogen-bond donors (Lipinski definition) is 5. The smallest absolute Gasteiger partial charge is 0.272 e. The number of nitrogens with zero attached hydrogens (tertiary/aromatic N) is 2. The number of aliphatic hydroxyl groups is 3. The Morgan fingerprint density at radius 1 is 1.47 bits per heavy atom. The van der Waals surface area contributed by atoms with E-state index in [1.54, 1.807) is 0 Å². The Kier molecular flexibility index (Phi) is 2.90. The number of carbonyl (C=O) groups excluding carboxylic acids is 1. The highest BCUT2D eigenvalue weighted by atomic mass is 16.6. The number of fused-ring (bicyclic) bond motifs is 1. The normalized spacial score (nSPS) is 34.3. The molecule has 0 radical (unpaired) electrons. The average molecular weight is 270 g/mol. The van der Waals surface area contributed by atoms with Gasteiger partial charge in [0.05, 0.1) is 19.6 Å². The minimum atomic E-state index is -1.20. The summed E-state index contributed by atoms with van der Waals surface area (Å²) in [5.74, 6) is 0.0501. The molecule has 104 valence electrons. The summed E-state index contributed by atoms with van der Waals surface area (Å²) in [7, 11) is 0. The number of anilines is 1. The van der Waals surface area contributed by atoms with Gasteiger partial charge >= 0.3 is 0 Å². The van der Waals surface area contributed by atoms with Gasteiger partial charge < -0.3 is 35.3 Å². The van der Waals surface area contributed by atoms with E-state index in [2.05, 4.69) is 15.3 Å². The van der Waals surface area contributed by atoms with Gasteiger partial charge in [-0.1, -0.05) is 0 Å². The molecule has 2 aliphatic rings. The zero-order valence-corrected chi connectivity index (χ0v) is 9.85. The van der Waals surface area contributed by atoms with Gasteiger partial charge in [0.2, 0.25) is 0 Å². The molecule has 19 heavy (non-hydrogen) atoms. The van der Waals surface area contributed by atoms with Gasteiger partial charge in [-0.2, -0.15) is 0 Å². The Hall–Kier alpha value is -1.68. The fourth-order valence-corrected chi connectivity index (χ4v) is 2.34. The number of carbonyl (C=O) groups is 1. The molecule has 9 heteroatoms. The van der Waals surface area contributed by atoms with E-state index in [1.165, 1.54) is 11.2 Å². The molecule has 3 rings (SSSR count). The number of hydrogen-bond acceptors (Lipinski definition) is 7. The van der Waals surface area contributed by atoms with Crippen molar-refractivity contribution in [2.24, 2.45) is 0 Å². The number of rotatable bonds is 2. The van der Waals surface area contributed by atoms with Crippen LogP contribution in [0.3, 0.4) is 0 Å². The molecule has 9 nitrogen and oxygen atoms in total. The van der Waals surface area contributed by atoms with Crippen molar-refractivity contribution in [2.75, 3.05) is 18.2 Å². The molecule has 1 unspecified atom stereocenters. The number of aromatic nitrogens is 2. The molecule has 5 N–H and O–H groups in total. The second kappa shape index (κ2) is 4.46. The van der Waals surface area contributed by atoms with Gasteiger partial charge in [0.1, 0.15) is 24.0 Å². The molecule has 4 atom stereocenters. The van der Waals surface area contributed by atoms with E-state index < -0.39 is 31.1 Å². The average Bonchev–Trinajstić information content (AvgIpc) is 2.99. The number of H-pyrrole nitrogens is 1. The van der Waals surface area contributed by atoms with Crippen LogP contribution in [0, 0.1) is 0 Å². The largest absolute Gasteiger partial charge is 0.394 e. The summed E-state index contributed by atoms with van der Waals surface area (Å²) >= 11 is 0. The molecular formula is C10H14N4O5. The number of ether oxygens (including phenoxy) is 1. The summed E-state index contributed by atoms with van der Waals surface area (Å²) in [4.78, 5) is 19.8. The molecule has 3 heterocycles. The number of nitrogens with one attached hydrogen (secondary N) is 2. The van der Waals surface area contributed by atoms with E-state index in [9.17, 15) is 15.0 Å². The molecule has 1 aromatic heterocycles. The van der Waals surface area contributed by atoms with E-state index in [4.69, 9.17) is 9.84 Å². The van der Waals surface area contributed by atoms with Crippen molar-refractivity contribution in [3.8, 4) is 0 Å². The van der Waals surface area contributed by atoms with Crippen LogP contribution < -0.4 is 10.2 Å². The quantitative estimate of drug-likeness (QED) is 0.397. The van der Waals surface area contributed by atoms with Gasteiger partial charge in [0.15, 0.2) is 12.0 Å². The van der Waals surface area contributed by atoms with Crippen molar-refractivity contribution in [1.29, 1.82) is 0 Å². The van der Waals surface area contributed by atoms with Gasteiger partial charge in [0.25, 0.3) is 5.91 Å². The van der Waals surface area contributed by atoms with Crippen LogP contribution in [-0.2, 0) is 4.74 Å². The minimum Gasteiger partial charge on any atom is -0.394 e. The van der Waals surface area contributed by atoms with Crippen molar-refractivity contribution in [1.82, 2.24) is 15.3 Å². The Morgan fingerprint density at radius 3 is 2.95 bits per heavy atom. The molecule has 0 aromatic carbocycles. The highest BCUT2D eigenvalue weighted by Gasteiger charge is 2.47. The lowest BCUT2D eigenvalue weighted by molar-refractivity contribution is -0.0232. The Bertz CT molecular complexity index is 492. The van der Waals surface area contributed by atoms with Crippen LogP contribution in [0.15, 0.2) is 6.33 Å². The van der Waals surface area contributed by atoms with Gasteiger partial charge in [-0.25, -0.2) is 4.98 Å². The number of aromatic amines is 1. The van der Waals surface area contributed by atoms with E-state index in [0.29, 0.717) is 5.82 Å². The van der Waals surface area contributed by atoms with Crippen molar-refractivity contribution >= 4 is 11.7 Å². The van der Waals surface area contributed by atoms with E-state index >= 15 is 0 Å². The van der Waals surface area contributed by atoms with Crippen LogP contribution in [0.1, 0.15) is 10.5 Å². The fraction of sp³-hybridized carbons (Fsp3) is 0.600. The zero-order chi connectivity index (χ0) is 13.6. The maximum Gasteiger partial charge on any atom is 0.272 e. The lowest BCUT2D eigenvalue weighted by Gasteiger charge is -2.33. The first-order chi connectivity index (χ1) is 9.13. The first-order valence-corrected chi connectivity index (χ1v) is 5.84. The summed E-state index contributed by atoms with van der Waals surface area (Å²) in [6.45, 7) is -0.300. The molecule has 0 aliphatic carbocycles. The molecule has 2 aliphatic heterocycles. The summed E-state index contributed by atoms with van der Waals surface area (Å²) in [5.41, 5.74) is 0.268. The summed E-state index contributed by atoms with van der Waals surface area (Å²) in [6, 6.07) is 0. The van der Waals surface area contributed by atoms with Crippen LogP contribution in [0.2, 0.25) is 0 Å². The van der Waals surface area contributed by atoms with Crippen molar-refractivity contribution < 1.29 is 24.9 Å². The van der Waals surface area contributed by atoms with Gasteiger partial charge in [0, 0.05) is 0 Å². The van der Waals surface area contributed by atoms with Crippen LogP contribution in [0.25, 0.3) is 0 Å². The van der Waals surface area contributed by atoms with Crippen LogP contribution in [0.4, 0.5) is 5.82 Å². The van der Waals surface area contributed by atoms with Crippen molar-refractivity contribution in [3.63, 3.8) is 0 Å². The van der Waals surface area contributed by atoms with E-state index in [1.807, 2.05) is 0 Å². The first kappa shape index (κ1) is 12.4. The minimum absolute atomic E-state index is 0.100. The number of imidazole rings is 1. The Morgan fingerprint density at radius 2 is 2.26 bits per heavy atom. The second-order valence-electron chi connectivity index (χ2n) is 4.46. The summed E-state index contributed by atoms with van der Waals surface area (Å²) in [5, 5.41) is 31.4. The monoisotopic (exact) mass is 270 g/mol. The SMILES string of the molecule is O=C1NCN(C2O[C@H](CO)[C@@H](O)[C@H]2O)c2nc[nH]c21. The Balaban J connectivity index is 1.89. The standard InChI is InChI=1S/C10H14N4O5/c15-1-4-6(16)7(17)10(19-4)14-3-13-9(18)5-8(14)12-2-11-5/h2,4,6-7,10,15-17H,1,3H2,(H,11,12)(H,13,18)/t4-,6-,7-,10?/m1/s1. The van der Waals surface area contributed by atoms with Gasteiger partial charge in [-0.05, 0) is 0 Å². The molecule has 1 saturated heterocycles. The molecule has 1 aromatic rings. The van der Waals surface area contributed by atoms with Crippen molar-refractivity contribution in [2.45, 2.75) is 24.5 Å². The predicted molar refractivity (Wildman–Crippen MR) is 61.2 cm³/mol.